The highest BCUT2D eigenvalue weighted by molar-refractivity contribution is 6.43. The van der Waals surface area contributed by atoms with Crippen molar-refractivity contribution >= 4 is 29.1 Å². The summed E-state index contributed by atoms with van der Waals surface area (Å²) in [4.78, 5) is 13.4. The summed E-state index contributed by atoms with van der Waals surface area (Å²) in [5, 5.41) is 0.868. The molecule has 0 saturated carbocycles. The Balaban J connectivity index is 2.20. The average molecular weight is 303 g/mol. The Bertz CT molecular complexity index is 494. The van der Waals surface area contributed by atoms with E-state index in [0.717, 1.165) is 24.9 Å². The number of carbonyl (C=O) groups is 1. The average Bonchev–Trinajstić information content (AvgIpc) is 2.83. The first-order valence-electron chi connectivity index (χ1n) is 6.08. The van der Waals surface area contributed by atoms with Crippen LogP contribution in [0.2, 0.25) is 10.0 Å². The van der Waals surface area contributed by atoms with Crippen molar-refractivity contribution in [3.05, 3.63) is 27.7 Å². The van der Waals surface area contributed by atoms with Crippen LogP contribution in [0.1, 0.15) is 18.4 Å². The summed E-state index contributed by atoms with van der Waals surface area (Å²) >= 11 is 12.3. The molecule has 1 saturated heterocycles. The first kappa shape index (κ1) is 14.4. The summed E-state index contributed by atoms with van der Waals surface area (Å²) in [7, 11) is 1.54. The molecule has 4 nitrogen and oxygen atoms in total. The number of halogens is 2. The van der Waals surface area contributed by atoms with Gasteiger partial charge in [-0.05, 0) is 31.0 Å². The summed E-state index contributed by atoms with van der Waals surface area (Å²) in [5.74, 6) is 0.261. The van der Waals surface area contributed by atoms with E-state index < -0.39 is 0 Å². The molecule has 0 radical (unpaired) electrons. The fourth-order valence-electron chi connectivity index (χ4n) is 2.41. The highest BCUT2D eigenvalue weighted by atomic mass is 35.5. The van der Waals surface area contributed by atoms with Gasteiger partial charge in [-0.3, -0.25) is 9.69 Å². The van der Waals surface area contributed by atoms with Crippen LogP contribution in [0, 0.1) is 0 Å². The Labute approximate surface area is 122 Å². The van der Waals surface area contributed by atoms with Crippen LogP contribution in [0.4, 0.5) is 0 Å². The van der Waals surface area contributed by atoms with Crippen LogP contribution in [0.25, 0.3) is 0 Å². The molecular formula is C13H16Cl2N2O2. The number of benzene rings is 1. The standard InChI is InChI=1S/C13H16Cl2N2O2/c1-19-10-5-4-8(11(14)12(10)15)7-17-6-2-3-9(17)13(16)18/h4-5,9H,2-3,6-7H2,1H3,(H2,16,18)/t9-/m0/s1. The number of primary amides is 1. The monoisotopic (exact) mass is 302 g/mol. The quantitative estimate of drug-likeness (QED) is 0.929. The lowest BCUT2D eigenvalue weighted by Crippen LogP contribution is -2.39. The molecule has 1 amide bonds. The molecular weight excluding hydrogens is 287 g/mol. The molecule has 2 N–H and O–H groups in total. The summed E-state index contributed by atoms with van der Waals surface area (Å²) in [6, 6.07) is 3.43. The third kappa shape index (κ3) is 2.96. The number of likely N-dealkylation sites (tertiary alicyclic amines) is 1. The van der Waals surface area contributed by atoms with Crippen LogP contribution >= 0.6 is 23.2 Å². The van der Waals surface area contributed by atoms with E-state index in [4.69, 9.17) is 33.7 Å². The molecule has 0 spiro atoms. The highest BCUT2D eigenvalue weighted by Gasteiger charge is 2.29. The summed E-state index contributed by atoms with van der Waals surface area (Å²) in [6.45, 7) is 1.41. The normalized spacial score (nSPS) is 19.6. The van der Waals surface area contributed by atoms with Gasteiger partial charge in [-0.1, -0.05) is 29.3 Å². The Morgan fingerprint density at radius 2 is 2.21 bits per heavy atom. The number of hydrogen-bond donors (Lipinski definition) is 1. The second-order valence-corrected chi connectivity index (χ2v) is 5.34. The second kappa shape index (κ2) is 5.99. The van der Waals surface area contributed by atoms with Crippen LogP contribution in [0.5, 0.6) is 5.75 Å². The van der Waals surface area contributed by atoms with E-state index in [1.807, 2.05) is 11.0 Å². The highest BCUT2D eigenvalue weighted by Crippen LogP contribution is 2.35. The van der Waals surface area contributed by atoms with E-state index in [2.05, 4.69) is 0 Å². The molecule has 0 bridgehead atoms. The molecule has 2 rings (SSSR count). The van der Waals surface area contributed by atoms with Gasteiger partial charge < -0.3 is 10.5 Å². The maximum Gasteiger partial charge on any atom is 0.234 e. The van der Waals surface area contributed by atoms with Gasteiger partial charge in [-0.2, -0.15) is 0 Å². The SMILES string of the molecule is COc1ccc(CN2CCC[C@H]2C(N)=O)c(Cl)c1Cl. The van der Waals surface area contributed by atoms with Gasteiger partial charge in [0.25, 0.3) is 0 Å². The molecule has 0 unspecified atom stereocenters. The molecule has 1 aromatic rings. The summed E-state index contributed by atoms with van der Waals surface area (Å²) in [5.41, 5.74) is 6.27. The molecule has 0 aromatic heterocycles. The molecule has 0 aliphatic carbocycles. The number of nitrogens with zero attached hydrogens (tertiary/aromatic N) is 1. The molecule has 1 aliphatic rings. The van der Waals surface area contributed by atoms with Crippen LogP contribution in [-0.2, 0) is 11.3 Å². The summed E-state index contributed by atoms with van der Waals surface area (Å²) < 4.78 is 5.11. The largest absolute Gasteiger partial charge is 0.495 e. The zero-order chi connectivity index (χ0) is 14.0. The lowest BCUT2D eigenvalue weighted by molar-refractivity contribution is -0.122. The zero-order valence-electron chi connectivity index (χ0n) is 10.7. The predicted molar refractivity (Wildman–Crippen MR) is 75.6 cm³/mol. The topological polar surface area (TPSA) is 55.6 Å². The van der Waals surface area contributed by atoms with E-state index in [0.29, 0.717) is 22.3 Å². The number of nitrogens with two attached hydrogens (primary N) is 1. The van der Waals surface area contributed by atoms with Crippen molar-refractivity contribution in [2.45, 2.75) is 25.4 Å². The first-order chi connectivity index (χ1) is 9.04. The molecule has 1 fully saturated rings. The molecule has 6 heteroatoms. The fraction of sp³-hybridized carbons (Fsp3) is 0.462. The van der Waals surface area contributed by atoms with Crippen molar-refractivity contribution in [3.8, 4) is 5.75 Å². The van der Waals surface area contributed by atoms with Gasteiger partial charge in [0.1, 0.15) is 10.8 Å². The van der Waals surface area contributed by atoms with Gasteiger partial charge in [-0.15, -0.1) is 0 Å². The Kier molecular flexibility index (Phi) is 4.55. The maximum atomic E-state index is 11.4. The molecule has 19 heavy (non-hydrogen) atoms. The third-order valence-corrected chi connectivity index (χ3v) is 4.32. The number of rotatable bonds is 4. The minimum atomic E-state index is -0.284. The lowest BCUT2D eigenvalue weighted by Gasteiger charge is -2.22. The van der Waals surface area contributed by atoms with Gasteiger partial charge in [0, 0.05) is 6.54 Å². The molecule has 1 aromatic carbocycles. The Morgan fingerprint density at radius 1 is 1.47 bits per heavy atom. The number of hydrogen-bond acceptors (Lipinski definition) is 3. The maximum absolute atomic E-state index is 11.4. The van der Waals surface area contributed by atoms with E-state index >= 15 is 0 Å². The molecule has 104 valence electrons. The van der Waals surface area contributed by atoms with Gasteiger partial charge in [0.15, 0.2) is 0 Å². The van der Waals surface area contributed by atoms with Crippen LogP contribution in [-0.4, -0.2) is 30.5 Å². The van der Waals surface area contributed by atoms with Crippen molar-refractivity contribution in [1.82, 2.24) is 4.90 Å². The zero-order valence-corrected chi connectivity index (χ0v) is 12.2. The number of methoxy groups -OCH3 is 1. The fourth-order valence-corrected chi connectivity index (χ4v) is 2.89. The minimum Gasteiger partial charge on any atom is -0.495 e. The molecule has 1 heterocycles. The first-order valence-corrected chi connectivity index (χ1v) is 6.84. The van der Waals surface area contributed by atoms with Crippen molar-refractivity contribution in [1.29, 1.82) is 0 Å². The Hall–Kier alpha value is -0.970. The predicted octanol–water partition coefficient (Wildman–Crippen LogP) is 2.45. The lowest BCUT2D eigenvalue weighted by atomic mass is 10.1. The van der Waals surface area contributed by atoms with E-state index in [1.165, 1.54) is 0 Å². The van der Waals surface area contributed by atoms with Crippen LogP contribution < -0.4 is 10.5 Å². The molecule has 1 aliphatic heterocycles. The van der Waals surface area contributed by atoms with E-state index in [1.54, 1.807) is 13.2 Å². The van der Waals surface area contributed by atoms with Gasteiger partial charge in [0.2, 0.25) is 5.91 Å². The van der Waals surface area contributed by atoms with Crippen LogP contribution in [0.15, 0.2) is 12.1 Å². The number of amides is 1. The molecule has 1 atom stereocenters. The van der Waals surface area contributed by atoms with E-state index in [-0.39, 0.29) is 11.9 Å². The van der Waals surface area contributed by atoms with Crippen LogP contribution in [0.3, 0.4) is 0 Å². The minimum absolute atomic E-state index is 0.211. The van der Waals surface area contributed by atoms with E-state index in [9.17, 15) is 4.79 Å². The van der Waals surface area contributed by atoms with Crippen molar-refractivity contribution in [3.63, 3.8) is 0 Å². The summed E-state index contributed by atoms with van der Waals surface area (Å²) in [6.07, 6.45) is 1.77. The van der Waals surface area contributed by atoms with Crippen molar-refractivity contribution in [2.75, 3.05) is 13.7 Å². The van der Waals surface area contributed by atoms with Gasteiger partial charge >= 0.3 is 0 Å². The van der Waals surface area contributed by atoms with Gasteiger partial charge in [-0.25, -0.2) is 0 Å². The second-order valence-electron chi connectivity index (χ2n) is 4.59. The van der Waals surface area contributed by atoms with Crippen molar-refractivity contribution in [2.24, 2.45) is 5.73 Å². The number of carbonyl (C=O) groups excluding carboxylic acids is 1. The Morgan fingerprint density at radius 3 is 2.84 bits per heavy atom. The van der Waals surface area contributed by atoms with Crippen molar-refractivity contribution < 1.29 is 9.53 Å². The number of ether oxygens (including phenoxy) is 1. The smallest absolute Gasteiger partial charge is 0.234 e. The van der Waals surface area contributed by atoms with Gasteiger partial charge in [0.05, 0.1) is 18.2 Å². The third-order valence-electron chi connectivity index (χ3n) is 3.41.